The van der Waals surface area contributed by atoms with Crippen molar-refractivity contribution in [3.63, 3.8) is 0 Å². The van der Waals surface area contributed by atoms with Gasteiger partial charge in [-0.1, -0.05) is 48.5 Å². The van der Waals surface area contributed by atoms with E-state index in [-0.39, 0.29) is 17.2 Å². The van der Waals surface area contributed by atoms with Crippen molar-refractivity contribution in [1.82, 2.24) is 0 Å². The minimum absolute atomic E-state index is 0.00718. The van der Waals surface area contributed by atoms with E-state index in [1.54, 1.807) is 49.4 Å². The van der Waals surface area contributed by atoms with Crippen LogP contribution in [0.5, 0.6) is 0 Å². The quantitative estimate of drug-likeness (QED) is 0.262. The molecule has 2 rings (SSSR count). The first-order valence-corrected chi connectivity index (χ1v) is 7.57. The van der Waals surface area contributed by atoms with E-state index in [1.807, 2.05) is 0 Å². The third-order valence-electron chi connectivity index (χ3n) is 3.44. The molecule has 7 nitrogen and oxygen atoms in total. The first-order chi connectivity index (χ1) is 11.9. The fourth-order valence-corrected chi connectivity index (χ4v) is 2.23. The van der Waals surface area contributed by atoms with Crippen LogP contribution in [0.15, 0.2) is 53.7 Å². The van der Waals surface area contributed by atoms with Crippen molar-refractivity contribution >= 4 is 23.2 Å². The molecule has 0 bridgehead atoms. The number of carbonyl (C=O) groups excluding carboxylic acids is 2. The molecule has 0 saturated heterocycles. The number of benzene rings is 2. The normalized spacial score (nSPS) is 11.0. The molecule has 128 valence electrons. The molecule has 0 spiro atoms. The van der Waals surface area contributed by atoms with E-state index < -0.39 is 10.9 Å². The van der Waals surface area contributed by atoms with E-state index in [1.165, 1.54) is 13.0 Å². The zero-order valence-corrected chi connectivity index (χ0v) is 13.8. The molecule has 0 aliphatic carbocycles. The number of carbonyl (C=O) groups is 2. The smallest absolute Gasteiger partial charge is 0.318 e. The second kappa shape index (κ2) is 7.96. The summed E-state index contributed by atoms with van der Waals surface area (Å²) < 4.78 is 0. The van der Waals surface area contributed by atoms with E-state index in [0.29, 0.717) is 23.1 Å². The summed E-state index contributed by atoms with van der Waals surface area (Å²) in [5.74, 6) is -0.969. The molecule has 0 saturated carbocycles. The highest BCUT2D eigenvalue weighted by atomic mass is 16.7. The lowest BCUT2D eigenvalue weighted by Gasteiger charge is -2.06. The number of nitrogens with zero attached hydrogens (tertiary/aromatic N) is 2. The Balaban J connectivity index is 2.31. The van der Waals surface area contributed by atoms with Gasteiger partial charge in [-0.2, -0.15) is 0 Å². The highest BCUT2D eigenvalue weighted by Gasteiger charge is 2.17. The number of ketones is 1. The molecule has 0 aliphatic rings. The summed E-state index contributed by atoms with van der Waals surface area (Å²) in [5.41, 5.74) is 1.56. The van der Waals surface area contributed by atoms with Crippen LogP contribution in [0.2, 0.25) is 0 Å². The summed E-state index contributed by atoms with van der Waals surface area (Å²) >= 11 is 0. The lowest BCUT2D eigenvalue weighted by Crippen LogP contribution is -2.14. The largest absolute Gasteiger partial charge is 0.331 e. The van der Waals surface area contributed by atoms with Gasteiger partial charge in [0, 0.05) is 18.6 Å². The summed E-state index contributed by atoms with van der Waals surface area (Å²) in [7, 11) is 0. The van der Waals surface area contributed by atoms with Crippen molar-refractivity contribution in [3.8, 4) is 11.1 Å². The van der Waals surface area contributed by atoms with Crippen molar-refractivity contribution in [2.24, 2.45) is 5.16 Å². The van der Waals surface area contributed by atoms with Crippen LogP contribution in [0, 0.1) is 10.1 Å². The number of hydrogen-bond acceptors (Lipinski definition) is 6. The molecule has 25 heavy (non-hydrogen) atoms. The van der Waals surface area contributed by atoms with Crippen molar-refractivity contribution in [2.45, 2.75) is 20.3 Å². The molecule has 0 N–H and O–H groups in total. The Kier molecular flexibility index (Phi) is 5.73. The molecule has 0 fully saturated rings. The van der Waals surface area contributed by atoms with Crippen molar-refractivity contribution < 1.29 is 19.3 Å². The van der Waals surface area contributed by atoms with Gasteiger partial charge in [0.25, 0.3) is 5.69 Å². The van der Waals surface area contributed by atoms with Gasteiger partial charge in [-0.25, -0.2) is 4.79 Å². The first-order valence-electron chi connectivity index (χ1n) is 7.57. The topological polar surface area (TPSA) is 98.9 Å². The number of nitro groups is 1. The summed E-state index contributed by atoms with van der Waals surface area (Å²) in [6.45, 7) is 2.92. The Labute approximate surface area is 144 Å². The van der Waals surface area contributed by atoms with Gasteiger partial charge in [0.2, 0.25) is 5.78 Å². The monoisotopic (exact) mass is 340 g/mol. The number of nitro benzene ring substituents is 1. The zero-order valence-electron chi connectivity index (χ0n) is 13.8. The fourth-order valence-electron chi connectivity index (χ4n) is 2.23. The standard InChI is InChI=1S/C18H16N2O5/c1-3-16(19-25-12(2)21)18(22)14-10-8-13(9-11-14)15-6-4-5-7-17(15)20(23)24/h4-11H,3H2,1-2H3/b19-16-. The summed E-state index contributed by atoms with van der Waals surface area (Å²) in [6, 6.07) is 12.8. The van der Waals surface area contributed by atoms with Crippen LogP contribution in [0.1, 0.15) is 30.6 Å². The maximum absolute atomic E-state index is 12.4. The molecule has 0 atom stereocenters. The van der Waals surface area contributed by atoms with Crippen molar-refractivity contribution in [1.29, 1.82) is 0 Å². The van der Waals surface area contributed by atoms with Crippen LogP contribution < -0.4 is 0 Å². The van der Waals surface area contributed by atoms with E-state index >= 15 is 0 Å². The predicted molar refractivity (Wildman–Crippen MR) is 92.4 cm³/mol. The molecule has 0 amide bonds. The number of rotatable bonds is 6. The molecular weight excluding hydrogens is 324 g/mol. The van der Waals surface area contributed by atoms with Gasteiger partial charge in [0.15, 0.2) is 0 Å². The lowest BCUT2D eigenvalue weighted by atomic mass is 9.99. The van der Waals surface area contributed by atoms with Gasteiger partial charge >= 0.3 is 5.97 Å². The van der Waals surface area contributed by atoms with Gasteiger partial charge in [-0.05, 0) is 18.1 Å². The van der Waals surface area contributed by atoms with Crippen LogP contribution in [-0.4, -0.2) is 22.4 Å². The molecule has 0 aromatic heterocycles. The van der Waals surface area contributed by atoms with Gasteiger partial charge in [0.1, 0.15) is 5.71 Å². The average molecular weight is 340 g/mol. The number of hydrogen-bond donors (Lipinski definition) is 0. The first kappa shape index (κ1) is 18.0. The SMILES string of the molecule is CC/C(=N/OC(C)=O)C(=O)c1ccc(-c2ccccc2[N+](=O)[O-])cc1. The van der Waals surface area contributed by atoms with E-state index in [0.717, 1.165) is 0 Å². The molecule has 0 heterocycles. The van der Waals surface area contributed by atoms with Crippen LogP contribution >= 0.6 is 0 Å². The van der Waals surface area contributed by atoms with Crippen LogP contribution in [0.25, 0.3) is 11.1 Å². The fraction of sp³-hybridized carbons (Fsp3) is 0.167. The van der Waals surface area contributed by atoms with Gasteiger partial charge in [-0.3, -0.25) is 14.9 Å². The predicted octanol–water partition coefficient (Wildman–Crippen LogP) is 3.77. The summed E-state index contributed by atoms with van der Waals surface area (Å²) in [6.07, 6.45) is 0.304. The molecular formula is C18H16N2O5. The van der Waals surface area contributed by atoms with E-state index in [9.17, 15) is 19.7 Å². The summed E-state index contributed by atoms with van der Waals surface area (Å²) in [4.78, 5) is 38.4. The molecule has 2 aromatic rings. The minimum Gasteiger partial charge on any atom is -0.318 e. The third-order valence-corrected chi connectivity index (χ3v) is 3.44. The Hall–Kier alpha value is -3.35. The number of Topliss-reactive ketones (excluding diaryl/α,β-unsaturated/α-hetero) is 1. The van der Waals surface area contributed by atoms with Gasteiger partial charge in [-0.15, -0.1) is 0 Å². The Bertz CT molecular complexity index is 841. The number of oxime groups is 1. The minimum atomic E-state index is -0.606. The van der Waals surface area contributed by atoms with E-state index in [2.05, 4.69) is 9.99 Å². The number of para-hydroxylation sites is 1. The molecule has 0 unspecified atom stereocenters. The van der Waals surface area contributed by atoms with Gasteiger partial charge in [0.05, 0.1) is 10.5 Å². The Morgan fingerprint density at radius 3 is 2.32 bits per heavy atom. The molecule has 2 aromatic carbocycles. The third kappa shape index (κ3) is 4.35. The summed E-state index contributed by atoms with van der Waals surface area (Å²) in [5, 5.41) is 14.7. The Morgan fingerprint density at radius 2 is 1.76 bits per heavy atom. The highest BCUT2D eigenvalue weighted by Crippen LogP contribution is 2.29. The van der Waals surface area contributed by atoms with Crippen LogP contribution in [-0.2, 0) is 9.63 Å². The Morgan fingerprint density at radius 1 is 1.12 bits per heavy atom. The maximum atomic E-state index is 12.4. The van der Waals surface area contributed by atoms with E-state index in [4.69, 9.17) is 0 Å². The maximum Gasteiger partial charge on any atom is 0.331 e. The molecule has 0 aliphatic heterocycles. The van der Waals surface area contributed by atoms with Crippen LogP contribution in [0.3, 0.4) is 0 Å². The molecule has 0 radical (unpaired) electrons. The average Bonchev–Trinajstić information content (AvgIpc) is 2.62. The molecule has 7 heteroatoms. The lowest BCUT2D eigenvalue weighted by molar-refractivity contribution is -0.384. The van der Waals surface area contributed by atoms with Gasteiger partial charge < -0.3 is 4.84 Å². The highest BCUT2D eigenvalue weighted by molar-refractivity contribution is 6.45. The van der Waals surface area contributed by atoms with Crippen molar-refractivity contribution in [3.05, 3.63) is 64.2 Å². The van der Waals surface area contributed by atoms with Crippen molar-refractivity contribution in [2.75, 3.05) is 0 Å². The van der Waals surface area contributed by atoms with Crippen LogP contribution in [0.4, 0.5) is 5.69 Å². The zero-order chi connectivity index (χ0) is 18.4. The second-order valence-corrected chi connectivity index (χ2v) is 5.16. The second-order valence-electron chi connectivity index (χ2n) is 5.16.